The van der Waals surface area contributed by atoms with Gasteiger partial charge in [-0.2, -0.15) is 0 Å². The minimum Gasteiger partial charge on any atom is -0.480 e. The SMILES string of the molecule is Cc1ccc(NC(=O)CN(CC(=O)O)C(C)C)cc1F. The number of anilines is 1. The fourth-order valence-corrected chi connectivity index (χ4v) is 1.65. The highest BCUT2D eigenvalue weighted by Gasteiger charge is 2.17. The highest BCUT2D eigenvalue weighted by atomic mass is 19.1. The second-order valence-corrected chi connectivity index (χ2v) is 4.90. The van der Waals surface area contributed by atoms with Crippen LogP contribution in [0.1, 0.15) is 19.4 Å². The van der Waals surface area contributed by atoms with Gasteiger partial charge in [0, 0.05) is 11.7 Å². The Kier molecular flexibility index (Phi) is 5.64. The van der Waals surface area contributed by atoms with Crippen LogP contribution in [0.15, 0.2) is 18.2 Å². The average Bonchev–Trinajstić information content (AvgIpc) is 2.32. The molecule has 0 bridgehead atoms. The highest BCUT2D eigenvalue weighted by molar-refractivity contribution is 5.92. The number of aliphatic carboxylic acids is 1. The molecule has 2 N–H and O–H groups in total. The number of hydrogen-bond donors (Lipinski definition) is 2. The van der Waals surface area contributed by atoms with E-state index in [9.17, 15) is 14.0 Å². The molecule has 0 aliphatic rings. The van der Waals surface area contributed by atoms with Crippen LogP contribution in [0.3, 0.4) is 0 Å². The van der Waals surface area contributed by atoms with E-state index in [1.54, 1.807) is 19.1 Å². The molecular weight excluding hydrogens is 263 g/mol. The molecule has 5 nitrogen and oxygen atoms in total. The summed E-state index contributed by atoms with van der Waals surface area (Å²) < 4.78 is 13.4. The Labute approximate surface area is 117 Å². The van der Waals surface area contributed by atoms with Crippen molar-refractivity contribution in [1.29, 1.82) is 0 Å². The van der Waals surface area contributed by atoms with Gasteiger partial charge in [0.25, 0.3) is 0 Å². The van der Waals surface area contributed by atoms with Crippen LogP contribution in [0.2, 0.25) is 0 Å². The number of nitrogens with one attached hydrogen (secondary N) is 1. The van der Waals surface area contributed by atoms with Gasteiger partial charge in [0.1, 0.15) is 5.82 Å². The molecule has 0 saturated heterocycles. The summed E-state index contributed by atoms with van der Waals surface area (Å²) in [5, 5.41) is 11.3. The van der Waals surface area contributed by atoms with Crippen molar-refractivity contribution in [2.75, 3.05) is 18.4 Å². The maximum atomic E-state index is 13.4. The summed E-state index contributed by atoms with van der Waals surface area (Å²) in [6, 6.07) is 4.34. The van der Waals surface area contributed by atoms with Crippen LogP contribution < -0.4 is 5.32 Å². The summed E-state index contributed by atoms with van der Waals surface area (Å²) >= 11 is 0. The molecule has 0 unspecified atom stereocenters. The van der Waals surface area contributed by atoms with E-state index in [2.05, 4.69) is 5.32 Å². The summed E-state index contributed by atoms with van der Waals surface area (Å²) in [7, 11) is 0. The van der Waals surface area contributed by atoms with E-state index in [1.165, 1.54) is 11.0 Å². The molecule has 0 heterocycles. The normalized spacial score (nSPS) is 10.9. The molecule has 1 aromatic rings. The lowest BCUT2D eigenvalue weighted by Gasteiger charge is -2.23. The number of rotatable bonds is 6. The second kappa shape index (κ2) is 7.00. The number of amides is 1. The van der Waals surface area contributed by atoms with Gasteiger partial charge in [-0.25, -0.2) is 4.39 Å². The van der Waals surface area contributed by atoms with Gasteiger partial charge in [-0.3, -0.25) is 14.5 Å². The first-order valence-corrected chi connectivity index (χ1v) is 6.31. The number of halogens is 1. The van der Waals surface area contributed by atoms with Crippen LogP contribution in [0.25, 0.3) is 0 Å². The smallest absolute Gasteiger partial charge is 0.317 e. The van der Waals surface area contributed by atoms with Crippen molar-refractivity contribution in [1.82, 2.24) is 4.90 Å². The van der Waals surface area contributed by atoms with E-state index in [-0.39, 0.29) is 25.0 Å². The van der Waals surface area contributed by atoms with Crippen molar-refractivity contribution >= 4 is 17.6 Å². The van der Waals surface area contributed by atoms with Crippen LogP contribution >= 0.6 is 0 Å². The molecule has 1 amide bonds. The molecule has 0 atom stereocenters. The minimum absolute atomic E-state index is 0.0561. The highest BCUT2D eigenvalue weighted by Crippen LogP contribution is 2.13. The van der Waals surface area contributed by atoms with Crippen molar-refractivity contribution in [2.24, 2.45) is 0 Å². The number of carboxylic acids is 1. The lowest BCUT2D eigenvalue weighted by atomic mass is 10.2. The van der Waals surface area contributed by atoms with E-state index in [0.29, 0.717) is 11.3 Å². The summed E-state index contributed by atoms with van der Waals surface area (Å²) in [6.07, 6.45) is 0. The number of carbonyl (C=O) groups is 2. The Bertz CT molecular complexity index is 503. The van der Waals surface area contributed by atoms with E-state index < -0.39 is 11.8 Å². The first-order chi connectivity index (χ1) is 9.29. The van der Waals surface area contributed by atoms with Crippen molar-refractivity contribution in [3.63, 3.8) is 0 Å². The Balaban J connectivity index is 2.65. The fraction of sp³-hybridized carbons (Fsp3) is 0.429. The number of nitrogens with zero attached hydrogens (tertiary/aromatic N) is 1. The second-order valence-electron chi connectivity index (χ2n) is 4.90. The largest absolute Gasteiger partial charge is 0.480 e. The zero-order chi connectivity index (χ0) is 15.3. The van der Waals surface area contributed by atoms with Gasteiger partial charge in [-0.05, 0) is 38.5 Å². The van der Waals surface area contributed by atoms with Gasteiger partial charge < -0.3 is 10.4 Å². The fourth-order valence-electron chi connectivity index (χ4n) is 1.65. The van der Waals surface area contributed by atoms with Crippen LogP contribution in [-0.4, -0.2) is 41.0 Å². The summed E-state index contributed by atoms with van der Waals surface area (Å²) in [5.41, 5.74) is 0.856. The van der Waals surface area contributed by atoms with E-state index in [4.69, 9.17) is 5.11 Å². The molecule has 6 heteroatoms. The van der Waals surface area contributed by atoms with Crippen molar-refractivity contribution in [2.45, 2.75) is 26.8 Å². The molecule has 1 aromatic carbocycles. The van der Waals surface area contributed by atoms with Crippen LogP contribution in [0.4, 0.5) is 10.1 Å². The molecule has 0 aliphatic heterocycles. The molecule has 0 saturated carbocycles. The Morgan fingerprint density at radius 1 is 1.35 bits per heavy atom. The topological polar surface area (TPSA) is 69.6 Å². The maximum absolute atomic E-state index is 13.4. The Morgan fingerprint density at radius 3 is 2.50 bits per heavy atom. The Hall–Kier alpha value is -1.95. The first-order valence-electron chi connectivity index (χ1n) is 6.31. The lowest BCUT2D eigenvalue weighted by Crippen LogP contribution is -2.41. The van der Waals surface area contributed by atoms with Crippen molar-refractivity contribution in [3.05, 3.63) is 29.6 Å². The van der Waals surface area contributed by atoms with E-state index in [0.717, 1.165) is 0 Å². The average molecular weight is 282 g/mol. The summed E-state index contributed by atoms with van der Waals surface area (Å²) in [5.74, 6) is -1.76. The standard InChI is InChI=1S/C14H19FN2O3/c1-9(2)17(8-14(19)20)7-13(18)16-11-5-4-10(3)12(15)6-11/h4-6,9H,7-8H2,1-3H3,(H,16,18)(H,19,20). The molecule has 110 valence electrons. The number of carboxylic acid groups (broad SMARTS) is 1. The van der Waals surface area contributed by atoms with Crippen LogP contribution in [0, 0.1) is 12.7 Å². The Morgan fingerprint density at radius 2 is 2.00 bits per heavy atom. The van der Waals surface area contributed by atoms with Crippen molar-refractivity contribution in [3.8, 4) is 0 Å². The number of hydrogen-bond acceptors (Lipinski definition) is 3. The third-order valence-electron chi connectivity index (χ3n) is 2.87. The zero-order valence-corrected chi connectivity index (χ0v) is 11.8. The first kappa shape index (κ1) is 16.1. The molecule has 0 aliphatic carbocycles. The van der Waals surface area contributed by atoms with Crippen molar-refractivity contribution < 1.29 is 19.1 Å². The van der Waals surface area contributed by atoms with Gasteiger partial charge in [0.05, 0.1) is 13.1 Å². The van der Waals surface area contributed by atoms with Crippen LogP contribution in [-0.2, 0) is 9.59 Å². The van der Waals surface area contributed by atoms with Gasteiger partial charge in [0.15, 0.2) is 0 Å². The van der Waals surface area contributed by atoms with E-state index >= 15 is 0 Å². The molecule has 0 radical (unpaired) electrons. The number of aryl methyl sites for hydroxylation is 1. The quantitative estimate of drug-likeness (QED) is 0.835. The summed E-state index contributed by atoms with van der Waals surface area (Å²) in [6.45, 7) is 4.98. The predicted molar refractivity (Wildman–Crippen MR) is 74.1 cm³/mol. The molecule has 0 aromatic heterocycles. The van der Waals surface area contributed by atoms with Gasteiger partial charge in [0.2, 0.25) is 5.91 Å². The maximum Gasteiger partial charge on any atom is 0.317 e. The van der Waals surface area contributed by atoms with Gasteiger partial charge in [-0.15, -0.1) is 0 Å². The molecular formula is C14H19FN2O3. The molecule has 0 spiro atoms. The monoisotopic (exact) mass is 282 g/mol. The van der Waals surface area contributed by atoms with E-state index in [1.807, 2.05) is 13.8 Å². The van der Waals surface area contributed by atoms with Gasteiger partial charge in [-0.1, -0.05) is 6.07 Å². The molecule has 0 fully saturated rings. The minimum atomic E-state index is -0.993. The molecule has 1 rings (SSSR count). The lowest BCUT2D eigenvalue weighted by molar-refractivity contribution is -0.139. The van der Waals surface area contributed by atoms with Crippen LogP contribution in [0.5, 0.6) is 0 Å². The predicted octanol–water partition coefficient (Wildman–Crippen LogP) is 1.87. The number of benzene rings is 1. The number of carbonyl (C=O) groups excluding carboxylic acids is 1. The molecule has 20 heavy (non-hydrogen) atoms. The zero-order valence-electron chi connectivity index (χ0n) is 11.8. The third-order valence-corrected chi connectivity index (χ3v) is 2.87. The third kappa shape index (κ3) is 4.97. The summed E-state index contributed by atoms with van der Waals surface area (Å²) in [4.78, 5) is 24.1. The van der Waals surface area contributed by atoms with Gasteiger partial charge >= 0.3 is 5.97 Å².